The van der Waals surface area contributed by atoms with E-state index in [4.69, 9.17) is 5.73 Å². The van der Waals surface area contributed by atoms with E-state index in [1.165, 1.54) is 12.3 Å². The molecule has 0 spiro atoms. The second-order valence-electron chi connectivity index (χ2n) is 2.45. The predicted molar refractivity (Wildman–Crippen MR) is 56.1 cm³/mol. The van der Waals surface area contributed by atoms with E-state index in [1.807, 2.05) is 0 Å². The molecule has 0 aliphatic rings. The molecule has 14 heavy (non-hydrogen) atoms. The number of aromatic hydroxyl groups is 1. The first kappa shape index (κ1) is 10.5. The van der Waals surface area contributed by atoms with Gasteiger partial charge in [0.25, 0.3) is 0 Å². The maximum atomic E-state index is 10.3. The third-order valence-corrected chi connectivity index (χ3v) is 2.00. The van der Waals surface area contributed by atoms with Gasteiger partial charge in [0, 0.05) is 0 Å². The summed E-state index contributed by atoms with van der Waals surface area (Å²) in [6, 6.07) is 4.09. The van der Waals surface area contributed by atoms with Crippen molar-refractivity contribution < 1.29 is 9.90 Å². The summed E-state index contributed by atoms with van der Waals surface area (Å²) in [6.45, 7) is 0. The Morgan fingerprint density at radius 2 is 2.36 bits per heavy atom. The van der Waals surface area contributed by atoms with Gasteiger partial charge in [-0.15, -0.1) is 0 Å². The van der Waals surface area contributed by atoms with Crippen molar-refractivity contribution in [3.8, 4) is 5.75 Å². The van der Waals surface area contributed by atoms with Crippen LogP contribution in [0.4, 0.5) is 4.79 Å². The highest BCUT2D eigenvalue weighted by molar-refractivity contribution is 9.10. The lowest BCUT2D eigenvalue weighted by molar-refractivity contribution is 0.249. The minimum atomic E-state index is -0.723. The monoisotopic (exact) mass is 257 g/mol. The lowest BCUT2D eigenvalue weighted by atomic mass is 10.2. The molecule has 5 nitrogen and oxygen atoms in total. The number of urea groups is 1. The van der Waals surface area contributed by atoms with E-state index in [-0.39, 0.29) is 5.75 Å². The number of rotatable bonds is 2. The largest absolute Gasteiger partial charge is 0.507 e. The smallest absolute Gasteiger partial charge is 0.332 e. The number of primary amides is 1. The number of nitrogens with zero attached hydrogens (tertiary/aromatic N) is 1. The summed E-state index contributed by atoms with van der Waals surface area (Å²) in [5.41, 5.74) is 7.58. The fraction of sp³-hybridized carbons (Fsp3) is 0. The summed E-state index contributed by atoms with van der Waals surface area (Å²) in [4.78, 5) is 10.3. The number of carbonyl (C=O) groups excluding carboxylic acids is 1. The molecule has 0 saturated carbocycles. The molecule has 0 fully saturated rings. The molecule has 0 radical (unpaired) electrons. The Hall–Kier alpha value is -1.56. The molecule has 0 aromatic heterocycles. The van der Waals surface area contributed by atoms with Crippen molar-refractivity contribution in [1.29, 1.82) is 0 Å². The summed E-state index contributed by atoms with van der Waals surface area (Å²) in [7, 11) is 0. The Bertz CT molecular complexity index is 379. The summed E-state index contributed by atoms with van der Waals surface area (Å²) >= 11 is 3.14. The van der Waals surface area contributed by atoms with Gasteiger partial charge in [-0.1, -0.05) is 0 Å². The second kappa shape index (κ2) is 4.61. The van der Waals surface area contributed by atoms with E-state index in [0.29, 0.717) is 4.47 Å². The van der Waals surface area contributed by atoms with Gasteiger partial charge in [0.2, 0.25) is 0 Å². The molecule has 0 heterocycles. The fourth-order valence-corrected chi connectivity index (χ4v) is 1.17. The van der Waals surface area contributed by atoms with Crippen molar-refractivity contribution in [3.05, 3.63) is 28.2 Å². The van der Waals surface area contributed by atoms with E-state index in [2.05, 4.69) is 26.5 Å². The van der Waals surface area contributed by atoms with Gasteiger partial charge < -0.3 is 10.8 Å². The number of hydrogen-bond acceptors (Lipinski definition) is 3. The molecule has 0 aliphatic heterocycles. The zero-order chi connectivity index (χ0) is 10.6. The molecular formula is C8H8BrN3O2. The van der Waals surface area contributed by atoms with Crippen molar-refractivity contribution in [3.63, 3.8) is 0 Å². The Morgan fingerprint density at radius 1 is 1.64 bits per heavy atom. The van der Waals surface area contributed by atoms with E-state index >= 15 is 0 Å². The number of carbonyl (C=O) groups is 1. The summed E-state index contributed by atoms with van der Waals surface area (Å²) in [6.07, 6.45) is 1.41. The normalized spacial score (nSPS) is 10.4. The highest BCUT2D eigenvalue weighted by Crippen LogP contribution is 2.23. The second-order valence-corrected chi connectivity index (χ2v) is 3.30. The molecular weight excluding hydrogens is 250 g/mol. The van der Waals surface area contributed by atoms with Crippen molar-refractivity contribution >= 4 is 28.2 Å². The fourth-order valence-electron chi connectivity index (χ4n) is 0.774. The van der Waals surface area contributed by atoms with Crippen molar-refractivity contribution in [2.75, 3.05) is 0 Å². The molecule has 1 rings (SSSR count). The van der Waals surface area contributed by atoms with Gasteiger partial charge in [-0.3, -0.25) is 0 Å². The zero-order valence-electron chi connectivity index (χ0n) is 7.07. The van der Waals surface area contributed by atoms with Gasteiger partial charge in [-0.2, -0.15) is 5.10 Å². The molecule has 0 unspecified atom stereocenters. The molecule has 0 bridgehead atoms. The average molecular weight is 258 g/mol. The predicted octanol–water partition coefficient (Wildman–Crippen LogP) is 1.16. The van der Waals surface area contributed by atoms with E-state index in [1.54, 1.807) is 12.1 Å². The van der Waals surface area contributed by atoms with Crippen LogP contribution in [-0.4, -0.2) is 17.4 Å². The molecule has 0 aliphatic carbocycles. The van der Waals surface area contributed by atoms with Crippen molar-refractivity contribution in [2.24, 2.45) is 10.8 Å². The minimum Gasteiger partial charge on any atom is -0.507 e. The molecule has 74 valence electrons. The highest BCUT2D eigenvalue weighted by Gasteiger charge is 1.96. The van der Waals surface area contributed by atoms with Crippen LogP contribution in [0.15, 0.2) is 27.8 Å². The first-order chi connectivity index (χ1) is 6.59. The lowest BCUT2D eigenvalue weighted by Gasteiger charge is -1.97. The third-order valence-electron chi connectivity index (χ3n) is 1.36. The maximum Gasteiger partial charge on any atom is 0.332 e. The van der Waals surface area contributed by atoms with Gasteiger partial charge in [0.05, 0.1) is 10.7 Å². The first-order valence-electron chi connectivity index (χ1n) is 3.66. The molecule has 4 N–H and O–H groups in total. The van der Waals surface area contributed by atoms with Crippen molar-refractivity contribution in [1.82, 2.24) is 5.43 Å². The topological polar surface area (TPSA) is 87.7 Å². The van der Waals surface area contributed by atoms with E-state index in [0.717, 1.165) is 5.56 Å². The molecule has 0 atom stereocenters. The van der Waals surface area contributed by atoms with E-state index < -0.39 is 6.03 Å². The Labute approximate surface area is 88.7 Å². The highest BCUT2D eigenvalue weighted by atomic mass is 79.9. The summed E-state index contributed by atoms with van der Waals surface area (Å²) in [5.74, 6) is 0.144. The number of benzene rings is 1. The van der Waals surface area contributed by atoms with Gasteiger partial charge in [0.1, 0.15) is 5.75 Å². The van der Waals surface area contributed by atoms with Crippen LogP contribution in [0.2, 0.25) is 0 Å². The van der Waals surface area contributed by atoms with Gasteiger partial charge >= 0.3 is 6.03 Å². The minimum absolute atomic E-state index is 0.144. The van der Waals surface area contributed by atoms with Crippen LogP contribution < -0.4 is 11.2 Å². The van der Waals surface area contributed by atoms with Crippen molar-refractivity contribution in [2.45, 2.75) is 0 Å². The number of phenols is 1. The molecule has 1 aromatic carbocycles. The summed E-state index contributed by atoms with van der Waals surface area (Å²) < 4.78 is 0.556. The SMILES string of the molecule is NC(=O)NN=Cc1ccc(O)c(Br)c1. The number of hydrogen-bond donors (Lipinski definition) is 3. The summed E-state index contributed by atoms with van der Waals surface area (Å²) in [5, 5.41) is 12.7. The Kier molecular flexibility index (Phi) is 3.47. The Morgan fingerprint density at radius 3 is 2.93 bits per heavy atom. The number of amides is 2. The van der Waals surface area contributed by atoms with Crippen LogP contribution >= 0.6 is 15.9 Å². The van der Waals surface area contributed by atoms with Crippen LogP contribution in [-0.2, 0) is 0 Å². The number of phenolic OH excluding ortho intramolecular Hbond substituents is 1. The van der Waals surface area contributed by atoms with Crippen LogP contribution in [0.25, 0.3) is 0 Å². The first-order valence-corrected chi connectivity index (χ1v) is 4.46. The number of halogens is 1. The number of hydrazone groups is 1. The van der Waals surface area contributed by atoms with Crippen LogP contribution in [0.1, 0.15) is 5.56 Å². The van der Waals surface area contributed by atoms with Crippen LogP contribution in [0.5, 0.6) is 5.75 Å². The molecule has 2 amide bonds. The quantitative estimate of drug-likeness (QED) is 0.549. The maximum absolute atomic E-state index is 10.3. The van der Waals surface area contributed by atoms with Crippen LogP contribution in [0.3, 0.4) is 0 Å². The number of nitrogens with two attached hydrogens (primary N) is 1. The van der Waals surface area contributed by atoms with E-state index in [9.17, 15) is 9.90 Å². The zero-order valence-corrected chi connectivity index (χ0v) is 8.65. The van der Waals surface area contributed by atoms with Gasteiger partial charge in [0.15, 0.2) is 0 Å². The van der Waals surface area contributed by atoms with Gasteiger partial charge in [-0.25, -0.2) is 10.2 Å². The standard InChI is InChI=1S/C8H8BrN3O2/c9-6-3-5(1-2-7(6)13)4-11-12-8(10)14/h1-4,13H,(H3,10,12,14). The molecule has 6 heteroatoms. The third kappa shape index (κ3) is 3.06. The molecule has 0 saturated heterocycles. The number of nitrogens with one attached hydrogen (secondary N) is 1. The Balaban J connectivity index is 2.73. The average Bonchev–Trinajstić information content (AvgIpc) is 2.10. The van der Waals surface area contributed by atoms with Gasteiger partial charge in [-0.05, 0) is 39.7 Å². The van der Waals surface area contributed by atoms with Crippen LogP contribution in [0, 0.1) is 0 Å². The lowest BCUT2D eigenvalue weighted by Crippen LogP contribution is -2.24. The molecule has 1 aromatic rings.